The summed E-state index contributed by atoms with van der Waals surface area (Å²) in [6, 6.07) is 15.5. The van der Waals surface area contributed by atoms with Gasteiger partial charge < -0.3 is 14.3 Å². The molecule has 3 aromatic rings. The molecule has 5 rings (SSSR count). The third-order valence-electron chi connectivity index (χ3n) is 6.06. The van der Waals surface area contributed by atoms with E-state index in [0.717, 1.165) is 43.1 Å². The van der Waals surface area contributed by atoms with E-state index in [9.17, 15) is 4.79 Å². The Kier molecular flexibility index (Phi) is 5.17. The Morgan fingerprint density at radius 1 is 1.00 bits per heavy atom. The van der Waals surface area contributed by atoms with Gasteiger partial charge in [-0.2, -0.15) is 4.98 Å². The molecule has 7 heteroatoms. The molecule has 0 unspecified atom stereocenters. The summed E-state index contributed by atoms with van der Waals surface area (Å²) in [5, 5.41) is 4.64. The molecule has 1 aliphatic heterocycles. The molecule has 2 fully saturated rings. The van der Waals surface area contributed by atoms with Gasteiger partial charge in [-0.25, -0.2) is 0 Å². The van der Waals surface area contributed by atoms with Crippen LogP contribution in [0.3, 0.4) is 0 Å². The highest BCUT2D eigenvalue weighted by Gasteiger charge is 2.26. The molecular weight excluding hydrogens is 400 g/mol. The van der Waals surface area contributed by atoms with Crippen LogP contribution in [0.2, 0.25) is 5.02 Å². The third-order valence-corrected chi connectivity index (χ3v) is 6.39. The number of carbonyl (C=O) groups is 1. The summed E-state index contributed by atoms with van der Waals surface area (Å²) in [6.07, 6.45) is 3.53. The lowest BCUT2D eigenvalue weighted by Crippen LogP contribution is -2.48. The van der Waals surface area contributed by atoms with Gasteiger partial charge in [-0.05, 0) is 49.2 Å². The van der Waals surface area contributed by atoms with E-state index in [2.05, 4.69) is 27.2 Å². The average molecular weight is 423 g/mol. The van der Waals surface area contributed by atoms with Crippen molar-refractivity contribution in [2.24, 2.45) is 0 Å². The van der Waals surface area contributed by atoms with Crippen LogP contribution in [-0.4, -0.2) is 47.1 Å². The maximum Gasteiger partial charge on any atom is 0.255 e. The highest BCUT2D eigenvalue weighted by atomic mass is 35.5. The monoisotopic (exact) mass is 422 g/mol. The number of rotatable bonds is 4. The zero-order chi connectivity index (χ0) is 20.5. The fourth-order valence-corrected chi connectivity index (χ4v) is 4.18. The number of hydrogen-bond acceptors (Lipinski definition) is 5. The molecule has 0 radical (unpaired) electrons. The highest BCUT2D eigenvalue weighted by molar-refractivity contribution is 6.33. The predicted octanol–water partition coefficient (Wildman–Crippen LogP) is 4.62. The molecule has 2 heterocycles. The predicted molar refractivity (Wildman–Crippen MR) is 116 cm³/mol. The number of benzene rings is 2. The first-order valence-corrected chi connectivity index (χ1v) is 10.8. The van der Waals surface area contributed by atoms with E-state index in [1.54, 1.807) is 12.1 Å². The van der Waals surface area contributed by atoms with Gasteiger partial charge >= 0.3 is 0 Å². The van der Waals surface area contributed by atoms with Crippen LogP contribution in [0.1, 0.15) is 41.4 Å². The fraction of sp³-hybridized carbons (Fsp3) is 0.348. The van der Waals surface area contributed by atoms with E-state index in [-0.39, 0.29) is 5.91 Å². The topological polar surface area (TPSA) is 62.5 Å². The quantitative estimate of drug-likeness (QED) is 0.613. The summed E-state index contributed by atoms with van der Waals surface area (Å²) in [5.74, 6) is 1.85. The summed E-state index contributed by atoms with van der Waals surface area (Å²) in [5.41, 5.74) is 2.66. The number of halogens is 1. The highest BCUT2D eigenvalue weighted by Crippen LogP contribution is 2.36. The van der Waals surface area contributed by atoms with Crippen molar-refractivity contribution in [3.05, 3.63) is 65.0 Å². The minimum absolute atomic E-state index is 0.00466. The van der Waals surface area contributed by atoms with Crippen LogP contribution >= 0.6 is 11.6 Å². The number of carbonyl (C=O) groups excluding carboxylic acids is 1. The van der Waals surface area contributed by atoms with Crippen molar-refractivity contribution in [1.29, 1.82) is 0 Å². The van der Waals surface area contributed by atoms with Gasteiger partial charge in [-0.15, -0.1) is 0 Å². The van der Waals surface area contributed by atoms with Crippen molar-refractivity contribution >= 4 is 23.2 Å². The number of aromatic nitrogens is 2. The number of piperazine rings is 1. The second-order valence-corrected chi connectivity index (χ2v) is 8.30. The third kappa shape index (κ3) is 3.67. The van der Waals surface area contributed by atoms with E-state index in [1.165, 1.54) is 6.42 Å². The van der Waals surface area contributed by atoms with E-state index < -0.39 is 0 Å². The molecule has 1 aromatic heterocycles. The largest absolute Gasteiger partial charge is 0.368 e. The number of nitrogens with zero attached hydrogens (tertiary/aromatic N) is 4. The molecule has 2 aliphatic rings. The van der Waals surface area contributed by atoms with Gasteiger partial charge in [0, 0.05) is 43.3 Å². The van der Waals surface area contributed by atoms with Crippen LogP contribution in [-0.2, 0) is 0 Å². The van der Waals surface area contributed by atoms with Gasteiger partial charge in [0.1, 0.15) is 0 Å². The second kappa shape index (κ2) is 8.11. The first-order valence-electron chi connectivity index (χ1n) is 10.4. The van der Waals surface area contributed by atoms with Crippen molar-refractivity contribution < 1.29 is 9.32 Å². The Labute approximate surface area is 180 Å². The van der Waals surface area contributed by atoms with E-state index in [1.807, 2.05) is 29.2 Å². The molecule has 0 bridgehead atoms. The Bertz CT molecular complexity index is 1040. The lowest BCUT2D eigenvalue weighted by Gasteiger charge is -2.36. The lowest BCUT2D eigenvalue weighted by molar-refractivity contribution is 0.0747. The summed E-state index contributed by atoms with van der Waals surface area (Å²) in [4.78, 5) is 21.5. The Hall–Kier alpha value is -2.86. The zero-order valence-corrected chi connectivity index (χ0v) is 17.4. The van der Waals surface area contributed by atoms with Crippen molar-refractivity contribution in [1.82, 2.24) is 15.0 Å². The zero-order valence-electron chi connectivity index (χ0n) is 16.6. The van der Waals surface area contributed by atoms with Gasteiger partial charge in [0.25, 0.3) is 5.91 Å². The molecule has 1 aliphatic carbocycles. The van der Waals surface area contributed by atoms with Gasteiger partial charge in [-0.3, -0.25) is 4.79 Å². The van der Waals surface area contributed by atoms with Crippen LogP contribution in [0, 0.1) is 0 Å². The minimum Gasteiger partial charge on any atom is -0.368 e. The lowest BCUT2D eigenvalue weighted by atomic mass is 9.85. The molecule has 1 saturated heterocycles. The molecule has 1 amide bonds. The first kappa shape index (κ1) is 19.1. The maximum atomic E-state index is 12.7. The molecule has 6 nitrogen and oxygen atoms in total. The summed E-state index contributed by atoms with van der Waals surface area (Å²) < 4.78 is 5.43. The van der Waals surface area contributed by atoms with Gasteiger partial charge in [0.05, 0.1) is 10.6 Å². The van der Waals surface area contributed by atoms with Crippen LogP contribution in [0.4, 0.5) is 5.69 Å². The number of anilines is 1. The normalized spacial score (nSPS) is 17.1. The van der Waals surface area contributed by atoms with E-state index >= 15 is 0 Å². The van der Waals surface area contributed by atoms with Crippen LogP contribution in [0.5, 0.6) is 0 Å². The minimum atomic E-state index is -0.00466. The molecule has 0 atom stereocenters. The Morgan fingerprint density at radius 3 is 2.40 bits per heavy atom. The Balaban J connectivity index is 1.22. The Morgan fingerprint density at radius 2 is 1.73 bits per heavy atom. The molecule has 0 N–H and O–H groups in total. The van der Waals surface area contributed by atoms with Crippen molar-refractivity contribution in [3.8, 4) is 11.4 Å². The van der Waals surface area contributed by atoms with Crippen molar-refractivity contribution in [2.45, 2.75) is 25.2 Å². The molecule has 30 heavy (non-hydrogen) atoms. The summed E-state index contributed by atoms with van der Waals surface area (Å²) >= 11 is 6.18. The van der Waals surface area contributed by atoms with Gasteiger partial charge in [0.15, 0.2) is 0 Å². The standard InChI is InChI=1S/C23H23ClN4O2/c24-20-7-2-1-6-19(20)23(29)28-14-12-27(13-15-28)18-10-8-16(9-11-18)21-25-22(30-26-21)17-4-3-5-17/h1-2,6-11,17H,3-5,12-15H2. The summed E-state index contributed by atoms with van der Waals surface area (Å²) in [7, 11) is 0. The second-order valence-electron chi connectivity index (χ2n) is 7.89. The molecule has 2 aromatic carbocycles. The SMILES string of the molecule is O=C(c1ccccc1Cl)N1CCN(c2ccc(-c3noc(C4CCC4)n3)cc2)CC1. The van der Waals surface area contributed by atoms with Crippen molar-refractivity contribution in [2.75, 3.05) is 31.1 Å². The van der Waals surface area contributed by atoms with Crippen LogP contribution in [0.25, 0.3) is 11.4 Å². The molecular formula is C23H23ClN4O2. The summed E-state index contributed by atoms with van der Waals surface area (Å²) in [6.45, 7) is 2.90. The first-order chi connectivity index (χ1) is 14.7. The molecule has 1 saturated carbocycles. The number of hydrogen-bond donors (Lipinski definition) is 0. The fourth-order valence-electron chi connectivity index (χ4n) is 3.97. The average Bonchev–Trinajstić information content (AvgIpc) is 3.22. The molecule has 154 valence electrons. The van der Waals surface area contributed by atoms with Crippen LogP contribution < -0.4 is 4.90 Å². The van der Waals surface area contributed by atoms with E-state index in [4.69, 9.17) is 16.1 Å². The van der Waals surface area contributed by atoms with Crippen molar-refractivity contribution in [3.63, 3.8) is 0 Å². The number of amides is 1. The van der Waals surface area contributed by atoms with Crippen LogP contribution in [0.15, 0.2) is 53.1 Å². The molecule has 0 spiro atoms. The van der Waals surface area contributed by atoms with Gasteiger partial charge in [0.2, 0.25) is 11.7 Å². The maximum absolute atomic E-state index is 12.7. The smallest absolute Gasteiger partial charge is 0.255 e. The van der Waals surface area contributed by atoms with Gasteiger partial charge in [-0.1, -0.05) is 35.3 Å². The van der Waals surface area contributed by atoms with E-state index in [0.29, 0.717) is 35.4 Å².